The lowest BCUT2D eigenvalue weighted by atomic mass is 10.1. The van der Waals surface area contributed by atoms with Crippen molar-refractivity contribution in [2.24, 2.45) is 0 Å². The number of para-hydroxylation sites is 1. The third kappa shape index (κ3) is 4.28. The van der Waals surface area contributed by atoms with Gasteiger partial charge in [-0.3, -0.25) is 0 Å². The number of hydrogen-bond donors (Lipinski definition) is 1. The molecule has 1 aromatic carbocycles. The van der Waals surface area contributed by atoms with Gasteiger partial charge in [0.25, 0.3) is 0 Å². The first kappa shape index (κ1) is 13.9. The van der Waals surface area contributed by atoms with Gasteiger partial charge in [-0.25, -0.2) is 0 Å². The predicted molar refractivity (Wildman–Crippen MR) is 59.1 cm³/mol. The molecule has 0 aliphatic carbocycles. The Morgan fingerprint density at radius 2 is 1.88 bits per heavy atom. The molecule has 0 saturated carbocycles. The molecule has 1 aromatic rings. The summed E-state index contributed by atoms with van der Waals surface area (Å²) in [6, 6.07) is 6.29. The average molecular weight is 246 g/mol. The lowest BCUT2D eigenvalue weighted by Gasteiger charge is -2.21. The van der Waals surface area contributed by atoms with Crippen LogP contribution in [0.1, 0.15) is 25.5 Å². The number of ether oxygens (including phenoxy) is 2. The van der Waals surface area contributed by atoms with Crippen LogP contribution in [0.2, 0.25) is 0 Å². The third-order valence-corrected chi connectivity index (χ3v) is 2.08. The molecule has 5 heteroatoms. The Morgan fingerprint density at radius 1 is 1.24 bits per heavy atom. The van der Waals surface area contributed by atoms with Gasteiger partial charge in [-0.15, -0.1) is 0 Å². The summed E-state index contributed by atoms with van der Waals surface area (Å²) in [6.45, 7) is 0.426. The van der Waals surface area contributed by atoms with Crippen LogP contribution in [-0.4, -0.2) is 24.4 Å². The molecule has 0 saturated heterocycles. The molecule has 3 nitrogen and oxygen atoms in total. The van der Waals surface area contributed by atoms with Crippen LogP contribution in [0.15, 0.2) is 24.3 Å². The summed E-state index contributed by atoms with van der Waals surface area (Å²) < 4.78 is 34.2. The molecule has 17 heavy (non-hydrogen) atoms. The Kier molecular flexibility index (Phi) is 5.31. The van der Waals surface area contributed by atoms with E-state index in [1.807, 2.05) is 0 Å². The summed E-state index contributed by atoms with van der Waals surface area (Å²) in [5.41, 5.74) is 0.420. The van der Waals surface area contributed by atoms with Crippen LogP contribution in [0.3, 0.4) is 0 Å². The van der Waals surface area contributed by atoms with Crippen molar-refractivity contribution < 1.29 is 23.4 Å². The first-order valence-corrected chi connectivity index (χ1v) is 5.34. The van der Waals surface area contributed by atoms with Gasteiger partial charge in [0.15, 0.2) is 0 Å². The highest BCUT2D eigenvalue weighted by Gasteiger charge is 2.19. The van der Waals surface area contributed by atoms with E-state index in [1.165, 1.54) is 6.07 Å². The van der Waals surface area contributed by atoms with Crippen molar-refractivity contribution in [3.05, 3.63) is 29.8 Å². The molecule has 0 spiro atoms. The van der Waals surface area contributed by atoms with Crippen LogP contribution < -0.4 is 4.74 Å². The van der Waals surface area contributed by atoms with Crippen LogP contribution in [0.4, 0.5) is 8.78 Å². The van der Waals surface area contributed by atoms with E-state index < -0.39 is 12.7 Å². The zero-order chi connectivity index (χ0) is 12.8. The molecule has 1 atom stereocenters. The van der Waals surface area contributed by atoms with Crippen molar-refractivity contribution in [1.82, 2.24) is 0 Å². The van der Waals surface area contributed by atoms with Gasteiger partial charge in [-0.05, 0) is 19.9 Å². The lowest BCUT2D eigenvalue weighted by molar-refractivity contribution is -0.0575. The lowest BCUT2D eigenvalue weighted by Crippen LogP contribution is -2.16. The summed E-state index contributed by atoms with van der Waals surface area (Å²) in [5, 5.41) is 9.22. The Bertz CT molecular complexity index is 342. The number of alkyl halides is 2. The van der Waals surface area contributed by atoms with Gasteiger partial charge in [0.1, 0.15) is 11.9 Å². The maximum atomic E-state index is 12.2. The van der Waals surface area contributed by atoms with Crippen molar-refractivity contribution >= 4 is 0 Å². The largest absolute Gasteiger partial charge is 0.434 e. The Morgan fingerprint density at radius 3 is 2.41 bits per heavy atom. The van der Waals surface area contributed by atoms with Crippen LogP contribution >= 0.6 is 0 Å². The number of hydrogen-bond acceptors (Lipinski definition) is 3. The molecule has 1 rings (SSSR count). The van der Waals surface area contributed by atoms with E-state index in [9.17, 15) is 13.9 Å². The number of aliphatic hydroxyl groups is 1. The minimum atomic E-state index is -2.89. The van der Waals surface area contributed by atoms with Gasteiger partial charge in [0.2, 0.25) is 0 Å². The van der Waals surface area contributed by atoms with Crippen molar-refractivity contribution in [2.45, 2.75) is 32.7 Å². The quantitative estimate of drug-likeness (QED) is 0.838. The van der Waals surface area contributed by atoms with Gasteiger partial charge in [-0.2, -0.15) is 8.78 Å². The summed E-state index contributed by atoms with van der Waals surface area (Å²) >= 11 is 0. The Hall–Kier alpha value is -1.20. The van der Waals surface area contributed by atoms with Gasteiger partial charge in [-0.1, -0.05) is 18.2 Å². The van der Waals surface area contributed by atoms with E-state index in [0.29, 0.717) is 5.56 Å². The van der Waals surface area contributed by atoms with E-state index in [0.717, 1.165) is 0 Å². The topological polar surface area (TPSA) is 38.7 Å². The van der Waals surface area contributed by atoms with Crippen molar-refractivity contribution in [1.29, 1.82) is 0 Å². The molecule has 0 aliphatic rings. The highest BCUT2D eigenvalue weighted by molar-refractivity contribution is 5.35. The standard InChI is InChI=1S/C12H16F2O3/c1-8(2)16-11(7-15)9-5-3-4-6-10(9)17-12(13)14/h3-6,8,11-12,15H,7H2,1-2H3/t11-/m0/s1. The van der Waals surface area contributed by atoms with Crippen molar-refractivity contribution in [3.8, 4) is 5.75 Å². The highest BCUT2D eigenvalue weighted by Crippen LogP contribution is 2.29. The second-order valence-corrected chi connectivity index (χ2v) is 3.77. The fourth-order valence-corrected chi connectivity index (χ4v) is 1.49. The van der Waals surface area contributed by atoms with E-state index >= 15 is 0 Å². The van der Waals surface area contributed by atoms with Gasteiger partial charge in [0, 0.05) is 5.56 Å². The number of benzene rings is 1. The van der Waals surface area contributed by atoms with Crippen LogP contribution in [0, 0.1) is 0 Å². The van der Waals surface area contributed by atoms with Gasteiger partial charge < -0.3 is 14.6 Å². The predicted octanol–water partition coefficient (Wildman–Crippen LogP) is 2.75. The van der Waals surface area contributed by atoms with Gasteiger partial charge >= 0.3 is 6.61 Å². The molecule has 0 radical (unpaired) electrons. The number of aliphatic hydroxyl groups excluding tert-OH is 1. The zero-order valence-electron chi connectivity index (χ0n) is 9.77. The number of rotatable bonds is 6. The van der Waals surface area contributed by atoms with E-state index in [1.54, 1.807) is 32.0 Å². The van der Waals surface area contributed by atoms with Crippen LogP contribution in [0.25, 0.3) is 0 Å². The molecule has 0 amide bonds. The maximum absolute atomic E-state index is 12.2. The molecule has 96 valence electrons. The minimum absolute atomic E-state index is 0.0298. The Balaban J connectivity index is 2.93. The SMILES string of the molecule is CC(C)O[C@@H](CO)c1ccccc1OC(F)F. The summed E-state index contributed by atoms with van der Waals surface area (Å²) in [6.07, 6.45) is -0.781. The molecule has 0 aliphatic heterocycles. The Labute approximate surface area is 99.0 Å². The molecular weight excluding hydrogens is 230 g/mol. The van der Waals surface area contributed by atoms with E-state index in [4.69, 9.17) is 4.74 Å². The summed E-state index contributed by atoms with van der Waals surface area (Å²) in [5.74, 6) is 0.0298. The fraction of sp³-hybridized carbons (Fsp3) is 0.500. The highest BCUT2D eigenvalue weighted by atomic mass is 19.3. The molecule has 1 N–H and O–H groups in total. The first-order chi connectivity index (χ1) is 8.04. The summed E-state index contributed by atoms with van der Waals surface area (Å²) in [7, 11) is 0. The maximum Gasteiger partial charge on any atom is 0.387 e. The molecule has 0 fully saturated rings. The smallest absolute Gasteiger partial charge is 0.387 e. The van der Waals surface area contributed by atoms with E-state index in [2.05, 4.69) is 4.74 Å². The average Bonchev–Trinajstić information content (AvgIpc) is 2.26. The van der Waals surface area contributed by atoms with Crippen LogP contribution in [0.5, 0.6) is 5.75 Å². The number of halogens is 2. The molecule has 0 unspecified atom stereocenters. The molecular formula is C12H16F2O3. The van der Waals surface area contributed by atoms with Crippen molar-refractivity contribution in [3.63, 3.8) is 0 Å². The minimum Gasteiger partial charge on any atom is -0.434 e. The monoisotopic (exact) mass is 246 g/mol. The zero-order valence-corrected chi connectivity index (χ0v) is 9.77. The summed E-state index contributed by atoms with van der Waals surface area (Å²) in [4.78, 5) is 0. The molecule has 0 bridgehead atoms. The van der Waals surface area contributed by atoms with E-state index in [-0.39, 0.29) is 18.5 Å². The van der Waals surface area contributed by atoms with Crippen LogP contribution in [-0.2, 0) is 4.74 Å². The molecule has 0 aromatic heterocycles. The second kappa shape index (κ2) is 6.51. The normalized spacial score (nSPS) is 13.1. The molecule has 0 heterocycles. The fourth-order valence-electron chi connectivity index (χ4n) is 1.49. The first-order valence-electron chi connectivity index (χ1n) is 5.34. The van der Waals surface area contributed by atoms with Gasteiger partial charge in [0.05, 0.1) is 12.7 Å². The third-order valence-electron chi connectivity index (χ3n) is 2.08. The second-order valence-electron chi connectivity index (χ2n) is 3.77. The van der Waals surface area contributed by atoms with Crippen molar-refractivity contribution in [2.75, 3.05) is 6.61 Å².